The zero-order valence-electron chi connectivity index (χ0n) is 12.5. The van der Waals surface area contributed by atoms with Gasteiger partial charge in [0.2, 0.25) is 0 Å². The van der Waals surface area contributed by atoms with Crippen molar-refractivity contribution < 1.29 is 27.5 Å². The minimum atomic E-state index is -3.88. The van der Waals surface area contributed by atoms with E-state index >= 15 is 0 Å². The third-order valence-electron chi connectivity index (χ3n) is 3.38. The Morgan fingerprint density at radius 1 is 1.23 bits per heavy atom. The Hall–Kier alpha value is -1.45. The van der Waals surface area contributed by atoms with Gasteiger partial charge >= 0.3 is 11.9 Å². The van der Waals surface area contributed by atoms with E-state index in [1.165, 1.54) is 14.0 Å². The third-order valence-corrected chi connectivity index (χ3v) is 6.59. The van der Waals surface area contributed by atoms with E-state index in [9.17, 15) is 18.0 Å². The first-order valence-electron chi connectivity index (χ1n) is 6.61. The Morgan fingerprint density at radius 2 is 1.82 bits per heavy atom. The number of sulfonamides is 1. The van der Waals surface area contributed by atoms with Gasteiger partial charge in [-0.3, -0.25) is 0 Å². The van der Waals surface area contributed by atoms with Crippen molar-refractivity contribution in [2.24, 2.45) is 5.92 Å². The molecule has 0 radical (unpaired) electrons. The first-order valence-corrected chi connectivity index (χ1v) is 8.91. The summed E-state index contributed by atoms with van der Waals surface area (Å²) >= 11 is 0.716. The summed E-state index contributed by atoms with van der Waals surface area (Å²) in [4.78, 5) is 23.7. The minimum Gasteiger partial charge on any atom is -0.465 e. The molecule has 1 heterocycles. The quantitative estimate of drug-likeness (QED) is 0.779. The fraction of sp³-hybridized carbons (Fsp3) is 0.538. The van der Waals surface area contributed by atoms with Crippen molar-refractivity contribution in [2.75, 3.05) is 20.8 Å². The molecular weight excluding hydrogens is 330 g/mol. The Balaban J connectivity index is 2.47. The molecule has 9 heteroatoms. The lowest BCUT2D eigenvalue weighted by Gasteiger charge is -2.06. The monoisotopic (exact) mass is 347 g/mol. The molecule has 0 spiro atoms. The van der Waals surface area contributed by atoms with E-state index < -0.39 is 22.0 Å². The molecule has 1 aromatic rings. The highest BCUT2D eigenvalue weighted by Gasteiger charge is 2.33. The van der Waals surface area contributed by atoms with Gasteiger partial charge in [0.25, 0.3) is 10.0 Å². The van der Waals surface area contributed by atoms with Crippen molar-refractivity contribution in [2.45, 2.75) is 24.0 Å². The van der Waals surface area contributed by atoms with Crippen molar-refractivity contribution in [3.05, 3.63) is 16.0 Å². The van der Waals surface area contributed by atoms with Gasteiger partial charge in [-0.25, -0.2) is 22.7 Å². The van der Waals surface area contributed by atoms with Crippen LogP contribution in [0.1, 0.15) is 38.4 Å². The van der Waals surface area contributed by atoms with Gasteiger partial charge < -0.3 is 9.47 Å². The van der Waals surface area contributed by atoms with Crippen LogP contribution < -0.4 is 4.72 Å². The van der Waals surface area contributed by atoms with Crippen molar-refractivity contribution in [3.63, 3.8) is 0 Å². The number of hydrogen-bond acceptors (Lipinski definition) is 7. The van der Waals surface area contributed by atoms with Crippen LogP contribution in [-0.4, -0.2) is 41.1 Å². The van der Waals surface area contributed by atoms with Crippen LogP contribution in [0.4, 0.5) is 0 Å². The highest BCUT2D eigenvalue weighted by atomic mass is 32.2. The second kappa shape index (κ2) is 6.35. The molecule has 0 atom stereocenters. The molecule has 0 unspecified atom stereocenters. The van der Waals surface area contributed by atoms with Gasteiger partial charge in [0, 0.05) is 6.54 Å². The molecule has 7 nitrogen and oxygen atoms in total. The van der Waals surface area contributed by atoms with Gasteiger partial charge in [-0.2, -0.15) is 0 Å². The fourth-order valence-electron chi connectivity index (χ4n) is 1.92. The molecule has 1 N–H and O–H groups in total. The summed E-state index contributed by atoms with van der Waals surface area (Å²) in [6.07, 6.45) is 1.98. The van der Waals surface area contributed by atoms with E-state index in [2.05, 4.69) is 14.2 Å². The molecule has 1 fully saturated rings. The number of methoxy groups -OCH3 is 2. The predicted molar refractivity (Wildman–Crippen MR) is 79.6 cm³/mol. The molecule has 22 heavy (non-hydrogen) atoms. The van der Waals surface area contributed by atoms with Gasteiger partial charge in [-0.15, -0.1) is 11.3 Å². The molecular formula is C13H17NO6S2. The average molecular weight is 347 g/mol. The maximum absolute atomic E-state index is 12.4. The fourth-order valence-corrected chi connectivity index (χ4v) is 4.82. The molecule has 0 aliphatic heterocycles. The van der Waals surface area contributed by atoms with Gasteiger partial charge in [0.15, 0.2) is 4.21 Å². The van der Waals surface area contributed by atoms with Crippen molar-refractivity contribution in [1.82, 2.24) is 4.72 Å². The average Bonchev–Trinajstić information content (AvgIpc) is 3.25. The maximum Gasteiger partial charge on any atom is 0.348 e. The highest BCUT2D eigenvalue weighted by molar-refractivity contribution is 7.91. The van der Waals surface area contributed by atoms with Gasteiger partial charge in [0.05, 0.1) is 19.8 Å². The van der Waals surface area contributed by atoms with E-state index in [1.807, 2.05) is 0 Å². The second-order valence-corrected chi connectivity index (χ2v) is 7.98. The lowest BCUT2D eigenvalue weighted by Crippen LogP contribution is -2.26. The van der Waals surface area contributed by atoms with Crippen LogP contribution in [0.2, 0.25) is 0 Å². The largest absolute Gasteiger partial charge is 0.465 e. The summed E-state index contributed by atoms with van der Waals surface area (Å²) in [5.74, 6) is -1.13. The molecule has 0 saturated heterocycles. The van der Waals surface area contributed by atoms with Gasteiger partial charge in [0.1, 0.15) is 4.88 Å². The van der Waals surface area contributed by atoms with E-state index in [4.69, 9.17) is 0 Å². The molecule has 1 saturated carbocycles. The lowest BCUT2D eigenvalue weighted by molar-refractivity contribution is 0.0596. The molecule has 2 rings (SSSR count). The third kappa shape index (κ3) is 3.31. The summed E-state index contributed by atoms with van der Waals surface area (Å²) < 4.78 is 36.4. The zero-order valence-corrected chi connectivity index (χ0v) is 14.1. The number of esters is 2. The Morgan fingerprint density at radius 3 is 2.32 bits per heavy atom. The SMILES string of the molecule is COC(=O)c1sc(S(=O)(=O)NCC2CC2)c(C(=O)OC)c1C. The molecule has 1 aliphatic rings. The molecule has 1 aromatic heterocycles. The Kier molecular flexibility index (Phi) is 4.88. The van der Waals surface area contributed by atoms with E-state index in [-0.39, 0.29) is 20.2 Å². The smallest absolute Gasteiger partial charge is 0.348 e. The summed E-state index contributed by atoms with van der Waals surface area (Å²) in [7, 11) is -1.53. The normalized spacial score (nSPS) is 14.7. The van der Waals surface area contributed by atoms with E-state index in [0.717, 1.165) is 20.0 Å². The molecule has 0 amide bonds. The predicted octanol–water partition coefficient (Wildman–Crippen LogP) is 1.32. The van der Waals surface area contributed by atoms with Crippen LogP contribution in [-0.2, 0) is 19.5 Å². The number of hydrogen-bond donors (Lipinski definition) is 1. The Bertz CT molecular complexity index is 702. The van der Waals surface area contributed by atoms with Crippen LogP contribution in [0.3, 0.4) is 0 Å². The second-order valence-electron chi connectivity index (χ2n) is 5.00. The zero-order chi connectivity index (χ0) is 16.5. The minimum absolute atomic E-state index is 0.0784. The molecule has 122 valence electrons. The van der Waals surface area contributed by atoms with Gasteiger partial charge in [-0.1, -0.05) is 0 Å². The maximum atomic E-state index is 12.4. The number of carbonyl (C=O) groups is 2. The summed E-state index contributed by atoms with van der Waals surface area (Å²) in [5.41, 5.74) is 0.131. The van der Waals surface area contributed by atoms with Crippen LogP contribution >= 0.6 is 11.3 Å². The molecule has 0 aromatic carbocycles. The standard InChI is InChI=1S/C13H17NO6S2/c1-7-9(11(15)19-2)13(21-10(7)12(16)20-3)22(17,18)14-6-8-4-5-8/h8,14H,4-6H2,1-3H3. The van der Waals surface area contributed by atoms with Gasteiger partial charge in [-0.05, 0) is 31.2 Å². The highest BCUT2D eigenvalue weighted by Crippen LogP contribution is 2.34. The van der Waals surface area contributed by atoms with Crippen LogP contribution in [0.25, 0.3) is 0 Å². The summed E-state index contributed by atoms with van der Waals surface area (Å²) in [5, 5.41) is 0. The number of rotatable bonds is 6. The van der Waals surface area contributed by atoms with Crippen molar-refractivity contribution in [3.8, 4) is 0 Å². The molecule has 0 bridgehead atoms. The summed E-state index contributed by atoms with van der Waals surface area (Å²) in [6.45, 7) is 1.82. The van der Waals surface area contributed by atoms with E-state index in [1.54, 1.807) is 0 Å². The summed E-state index contributed by atoms with van der Waals surface area (Å²) in [6, 6.07) is 0. The number of thiophene rings is 1. The molecule has 1 aliphatic carbocycles. The first-order chi connectivity index (χ1) is 10.3. The number of nitrogens with one attached hydrogen (secondary N) is 1. The van der Waals surface area contributed by atoms with Crippen LogP contribution in [0, 0.1) is 12.8 Å². The van der Waals surface area contributed by atoms with Crippen molar-refractivity contribution in [1.29, 1.82) is 0 Å². The Labute approximate surface area is 132 Å². The first kappa shape index (κ1) is 16.9. The van der Waals surface area contributed by atoms with Crippen LogP contribution in [0.15, 0.2) is 4.21 Å². The van der Waals surface area contributed by atoms with Crippen LogP contribution in [0.5, 0.6) is 0 Å². The topological polar surface area (TPSA) is 98.8 Å². The number of ether oxygens (including phenoxy) is 2. The van der Waals surface area contributed by atoms with E-state index in [0.29, 0.717) is 23.8 Å². The van der Waals surface area contributed by atoms with Crippen molar-refractivity contribution >= 4 is 33.3 Å². The number of carbonyl (C=O) groups excluding carboxylic acids is 2. The lowest BCUT2D eigenvalue weighted by atomic mass is 10.2.